The molecule has 0 fully saturated rings. The number of unbranched alkanes of at least 4 members (excludes halogenated alkanes) is 30. The van der Waals surface area contributed by atoms with Gasteiger partial charge in [-0.05, 0) is 44.9 Å². The first-order valence-electron chi connectivity index (χ1n) is 26.4. The molecular weight excluding hydrogens is 755 g/mol. The lowest BCUT2D eigenvalue weighted by molar-refractivity contribution is -0.151. The Balaban J connectivity index is 4.58. The van der Waals surface area contributed by atoms with E-state index in [0.29, 0.717) is 19.3 Å². The summed E-state index contributed by atoms with van der Waals surface area (Å²) < 4.78 is 5.92. The van der Waals surface area contributed by atoms with Gasteiger partial charge in [-0.2, -0.15) is 0 Å². The molecule has 0 radical (unpaired) electrons. The highest BCUT2D eigenvalue weighted by molar-refractivity contribution is 5.77. The summed E-state index contributed by atoms with van der Waals surface area (Å²) in [5, 5.41) is 23.8. The van der Waals surface area contributed by atoms with Crippen LogP contribution in [-0.4, -0.2) is 46.9 Å². The summed E-state index contributed by atoms with van der Waals surface area (Å²) in [6.45, 7) is 6.35. The number of aliphatic hydroxyl groups excluding tert-OH is 2. The van der Waals surface area contributed by atoms with Gasteiger partial charge in [0.25, 0.3) is 0 Å². The van der Waals surface area contributed by atoms with Crippen LogP contribution in [0.4, 0.5) is 0 Å². The largest absolute Gasteiger partial charge is 0.462 e. The Bertz CT molecular complexity index is 1050. The van der Waals surface area contributed by atoms with E-state index in [-0.39, 0.29) is 24.9 Å². The van der Waals surface area contributed by atoms with Gasteiger partial charge in [-0.25, -0.2) is 0 Å². The molecule has 0 bridgehead atoms. The molecule has 0 heterocycles. The normalized spacial score (nSPS) is 13.6. The summed E-state index contributed by atoms with van der Waals surface area (Å²) in [6.07, 6.45) is 58.9. The summed E-state index contributed by atoms with van der Waals surface area (Å²) in [5.74, 6) is -0.504. The second-order valence-corrected chi connectivity index (χ2v) is 18.0. The fourth-order valence-corrected chi connectivity index (χ4v) is 8.03. The second kappa shape index (κ2) is 48.8. The third-order valence-electron chi connectivity index (χ3n) is 12.0. The van der Waals surface area contributed by atoms with E-state index < -0.39 is 18.2 Å². The first-order chi connectivity index (χ1) is 30.0. The molecule has 0 spiro atoms. The van der Waals surface area contributed by atoms with Crippen molar-refractivity contribution in [1.82, 2.24) is 5.32 Å². The van der Waals surface area contributed by atoms with Crippen LogP contribution in [0.2, 0.25) is 0 Å². The maximum atomic E-state index is 13.2. The molecule has 0 aliphatic carbocycles. The van der Waals surface area contributed by atoms with E-state index in [9.17, 15) is 19.8 Å². The lowest BCUT2D eigenvalue weighted by Crippen LogP contribution is -2.46. The van der Waals surface area contributed by atoms with Crippen molar-refractivity contribution in [2.24, 2.45) is 0 Å². The molecule has 0 aromatic carbocycles. The van der Waals surface area contributed by atoms with Crippen molar-refractivity contribution in [3.05, 3.63) is 48.6 Å². The van der Waals surface area contributed by atoms with Gasteiger partial charge in [0, 0.05) is 6.42 Å². The van der Waals surface area contributed by atoms with Gasteiger partial charge in [0.2, 0.25) is 5.91 Å². The lowest BCUT2D eigenvalue weighted by Gasteiger charge is -2.24. The Labute approximate surface area is 378 Å². The van der Waals surface area contributed by atoms with Crippen LogP contribution in [0.3, 0.4) is 0 Å². The molecule has 3 atom stereocenters. The van der Waals surface area contributed by atoms with Gasteiger partial charge < -0.3 is 20.3 Å². The number of hydrogen-bond donors (Lipinski definition) is 3. The third kappa shape index (κ3) is 44.2. The van der Waals surface area contributed by atoms with Crippen LogP contribution in [0.5, 0.6) is 0 Å². The van der Waals surface area contributed by atoms with Gasteiger partial charge >= 0.3 is 5.97 Å². The summed E-state index contributed by atoms with van der Waals surface area (Å²) in [7, 11) is 0. The number of carbonyl (C=O) groups excluding carboxylic acids is 2. The molecule has 356 valence electrons. The molecule has 0 aromatic heterocycles. The number of allylic oxidation sites excluding steroid dienone is 8. The molecular formula is C55H101NO5. The number of esters is 1. The second-order valence-electron chi connectivity index (χ2n) is 18.0. The van der Waals surface area contributed by atoms with Crippen molar-refractivity contribution < 1.29 is 24.5 Å². The molecule has 6 nitrogen and oxygen atoms in total. The van der Waals surface area contributed by atoms with E-state index in [0.717, 1.165) is 70.6 Å². The standard InChI is InChI=1S/C55H101NO5/c1-4-7-10-13-16-19-22-25-27-30-33-36-39-42-45-48-55(60)61-51(46-43-40-37-34-31-28-24-21-18-15-12-9-6-3)49-54(59)56-52(50-57)53(58)47-44-41-38-35-32-29-26-23-20-17-14-11-8-5-2/h9,12,15,18,21,24,28,31,51-53,57-58H,4-8,10-11,13-14,16-17,19-20,22-23,25-27,29-30,32-50H2,1-3H3,(H,56,59)/b12-9+,18-15+,24-21+,31-28-. The van der Waals surface area contributed by atoms with Gasteiger partial charge in [-0.1, -0.05) is 256 Å². The Hall–Kier alpha value is -2.18. The molecule has 3 unspecified atom stereocenters. The Morgan fingerprint density at radius 2 is 0.885 bits per heavy atom. The third-order valence-corrected chi connectivity index (χ3v) is 12.0. The Morgan fingerprint density at radius 3 is 1.34 bits per heavy atom. The quantitative estimate of drug-likeness (QED) is 0.0322. The van der Waals surface area contributed by atoms with Crippen LogP contribution in [0.15, 0.2) is 48.6 Å². The van der Waals surface area contributed by atoms with Crippen molar-refractivity contribution >= 4 is 11.9 Å². The molecule has 0 saturated carbocycles. The molecule has 61 heavy (non-hydrogen) atoms. The number of hydrogen-bond acceptors (Lipinski definition) is 5. The van der Waals surface area contributed by atoms with E-state index in [1.165, 1.54) is 148 Å². The maximum absolute atomic E-state index is 13.2. The molecule has 3 N–H and O–H groups in total. The highest BCUT2D eigenvalue weighted by atomic mass is 16.5. The molecule has 1 amide bonds. The number of ether oxygens (including phenoxy) is 1. The Kier molecular flexibility index (Phi) is 47.1. The summed E-state index contributed by atoms with van der Waals surface area (Å²) in [5.41, 5.74) is 0. The minimum Gasteiger partial charge on any atom is -0.462 e. The van der Waals surface area contributed by atoms with E-state index >= 15 is 0 Å². The van der Waals surface area contributed by atoms with Gasteiger partial charge in [0.15, 0.2) is 0 Å². The number of aliphatic hydroxyl groups is 2. The van der Waals surface area contributed by atoms with Crippen LogP contribution in [0.1, 0.15) is 265 Å². The fraction of sp³-hybridized carbons (Fsp3) is 0.818. The zero-order valence-corrected chi connectivity index (χ0v) is 40.5. The van der Waals surface area contributed by atoms with Crippen molar-refractivity contribution in [2.45, 2.75) is 283 Å². The van der Waals surface area contributed by atoms with Gasteiger partial charge in [-0.3, -0.25) is 9.59 Å². The molecule has 0 aliphatic rings. The SMILES string of the molecule is CC/C=C/C=C/C=C/C=C\CCCCCC(CC(=O)NC(CO)C(O)CCCCCCCCCCCCCCCC)OC(=O)CCCCCCCCCCCCCCCCC. The average molecular weight is 856 g/mol. The Morgan fingerprint density at radius 1 is 0.492 bits per heavy atom. The van der Waals surface area contributed by atoms with Crippen molar-refractivity contribution in [3.8, 4) is 0 Å². The minimum absolute atomic E-state index is 0.0539. The predicted octanol–water partition coefficient (Wildman–Crippen LogP) is 15.8. The average Bonchev–Trinajstić information content (AvgIpc) is 3.25. The molecule has 0 aliphatic heterocycles. The monoisotopic (exact) mass is 856 g/mol. The lowest BCUT2D eigenvalue weighted by atomic mass is 10.0. The number of amides is 1. The predicted molar refractivity (Wildman–Crippen MR) is 264 cm³/mol. The smallest absolute Gasteiger partial charge is 0.306 e. The zero-order valence-electron chi connectivity index (χ0n) is 40.5. The number of nitrogens with one attached hydrogen (secondary N) is 1. The fourth-order valence-electron chi connectivity index (χ4n) is 8.03. The van der Waals surface area contributed by atoms with Gasteiger partial charge in [0.05, 0.1) is 25.2 Å². The first kappa shape index (κ1) is 58.8. The minimum atomic E-state index is -0.797. The summed E-state index contributed by atoms with van der Waals surface area (Å²) in [6, 6.07) is -0.713. The van der Waals surface area contributed by atoms with Crippen molar-refractivity contribution in [2.75, 3.05) is 6.61 Å². The highest BCUT2D eigenvalue weighted by Gasteiger charge is 2.24. The summed E-state index contributed by atoms with van der Waals surface area (Å²) >= 11 is 0. The number of rotatable bonds is 47. The molecule has 0 saturated heterocycles. The van der Waals surface area contributed by atoms with Crippen LogP contribution in [0.25, 0.3) is 0 Å². The van der Waals surface area contributed by atoms with Crippen LogP contribution in [0, 0.1) is 0 Å². The topological polar surface area (TPSA) is 95.9 Å². The highest BCUT2D eigenvalue weighted by Crippen LogP contribution is 2.18. The molecule has 6 heteroatoms. The van der Waals surface area contributed by atoms with Crippen molar-refractivity contribution in [3.63, 3.8) is 0 Å². The number of carbonyl (C=O) groups is 2. The van der Waals surface area contributed by atoms with Crippen LogP contribution in [-0.2, 0) is 14.3 Å². The van der Waals surface area contributed by atoms with Crippen LogP contribution >= 0.6 is 0 Å². The van der Waals surface area contributed by atoms with Gasteiger partial charge in [0.1, 0.15) is 6.10 Å². The van der Waals surface area contributed by atoms with Crippen molar-refractivity contribution in [1.29, 1.82) is 0 Å². The zero-order chi connectivity index (χ0) is 44.5. The first-order valence-corrected chi connectivity index (χ1v) is 26.4. The van der Waals surface area contributed by atoms with E-state index in [4.69, 9.17) is 4.74 Å². The van der Waals surface area contributed by atoms with Crippen LogP contribution < -0.4 is 5.32 Å². The molecule has 0 aromatic rings. The van der Waals surface area contributed by atoms with E-state index in [1.807, 2.05) is 24.3 Å². The van der Waals surface area contributed by atoms with Gasteiger partial charge in [-0.15, -0.1) is 0 Å². The molecule has 0 rings (SSSR count). The summed E-state index contributed by atoms with van der Waals surface area (Å²) in [4.78, 5) is 26.1. The maximum Gasteiger partial charge on any atom is 0.306 e. The van der Waals surface area contributed by atoms with E-state index in [2.05, 4.69) is 50.4 Å². The van der Waals surface area contributed by atoms with E-state index in [1.54, 1.807) is 0 Å².